The van der Waals surface area contributed by atoms with Gasteiger partial charge in [-0.15, -0.1) is 0 Å². The van der Waals surface area contributed by atoms with Crippen LogP contribution in [0.15, 0.2) is 48.5 Å². The molecule has 3 rings (SSSR count). The number of piperidine rings is 1. The number of rotatable bonds is 6. The van der Waals surface area contributed by atoms with Gasteiger partial charge in [-0.25, -0.2) is 4.39 Å². The molecule has 0 radical (unpaired) electrons. The third kappa shape index (κ3) is 5.55. The first-order chi connectivity index (χ1) is 13.5. The predicted octanol–water partition coefficient (Wildman–Crippen LogP) is 3.93. The lowest BCUT2D eigenvalue weighted by Gasteiger charge is -2.28. The van der Waals surface area contributed by atoms with Crippen LogP contribution in [0.5, 0.6) is 0 Å². The van der Waals surface area contributed by atoms with E-state index >= 15 is 0 Å². The largest absolute Gasteiger partial charge is 0.452 e. The predicted molar refractivity (Wildman–Crippen MR) is 107 cm³/mol. The van der Waals surface area contributed by atoms with E-state index in [0.29, 0.717) is 11.3 Å². The molecule has 1 saturated heterocycles. The first-order valence-electron chi connectivity index (χ1n) is 9.61. The Hall–Kier alpha value is -2.89. The average molecular weight is 384 g/mol. The molecule has 0 aliphatic carbocycles. The van der Waals surface area contributed by atoms with Crippen molar-refractivity contribution in [1.82, 2.24) is 0 Å². The molecule has 1 N–H and O–H groups in total. The summed E-state index contributed by atoms with van der Waals surface area (Å²) in [5.74, 6) is -1.29. The number of anilines is 2. The van der Waals surface area contributed by atoms with E-state index in [9.17, 15) is 14.0 Å². The summed E-state index contributed by atoms with van der Waals surface area (Å²) in [6, 6.07) is 13.3. The smallest absolute Gasteiger partial charge is 0.311 e. The first-order valence-corrected chi connectivity index (χ1v) is 9.61. The molecule has 1 fully saturated rings. The molecular formula is C22H25FN2O3. The molecule has 2 aromatic carbocycles. The van der Waals surface area contributed by atoms with Crippen LogP contribution in [-0.2, 0) is 20.7 Å². The van der Waals surface area contributed by atoms with Crippen LogP contribution in [0, 0.1) is 5.82 Å². The number of hydrogen-bond acceptors (Lipinski definition) is 4. The molecule has 0 saturated carbocycles. The van der Waals surface area contributed by atoms with E-state index in [4.69, 9.17) is 4.74 Å². The van der Waals surface area contributed by atoms with Crippen LogP contribution in [0.1, 0.15) is 31.7 Å². The van der Waals surface area contributed by atoms with Crippen LogP contribution in [-0.4, -0.2) is 31.1 Å². The number of esters is 1. The number of amides is 1. The van der Waals surface area contributed by atoms with Gasteiger partial charge in [-0.1, -0.05) is 12.1 Å². The molecule has 5 nitrogen and oxygen atoms in total. The van der Waals surface area contributed by atoms with E-state index in [0.717, 1.165) is 18.8 Å². The fraction of sp³-hybridized carbons (Fsp3) is 0.364. The van der Waals surface area contributed by atoms with E-state index in [2.05, 4.69) is 10.2 Å². The summed E-state index contributed by atoms with van der Waals surface area (Å²) in [6.45, 7) is 3.65. The second-order valence-corrected chi connectivity index (χ2v) is 7.02. The second kappa shape index (κ2) is 9.35. The Kier molecular flexibility index (Phi) is 6.63. The molecule has 6 heteroatoms. The van der Waals surface area contributed by atoms with Crippen LogP contribution in [0.2, 0.25) is 0 Å². The second-order valence-electron chi connectivity index (χ2n) is 7.02. The van der Waals surface area contributed by atoms with Crippen LogP contribution in [0.3, 0.4) is 0 Å². The van der Waals surface area contributed by atoms with Crippen molar-refractivity contribution in [3.8, 4) is 0 Å². The standard InChI is InChI=1S/C22H25FN2O3/c1-16(28-21(26)15-17-5-7-18(23)8-6-17)22(27)24-19-9-11-20(12-10-19)25-13-3-2-4-14-25/h5-12,16H,2-4,13-15H2,1H3,(H,24,27)/t16-/m0/s1. The minimum absolute atomic E-state index is 0.0115. The van der Waals surface area contributed by atoms with Crippen molar-refractivity contribution >= 4 is 23.3 Å². The van der Waals surface area contributed by atoms with Gasteiger partial charge in [-0.05, 0) is 68.1 Å². The van der Waals surface area contributed by atoms with Crippen molar-refractivity contribution in [2.75, 3.05) is 23.3 Å². The number of benzene rings is 2. The third-order valence-corrected chi connectivity index (χ3v) is 4.80. The molecule has 1 amide bonds. The molecule has 148 valence electrons. The molecule has 2 aromatic rings. The molecule has 1 atom stereocenters. The highest BCUT2D eigenvalue weighted by molar-refractivity contribution is 5.95. The molecule has 0 bridgehead atoms. The molecule has 0 unspecified atom stereocenters. The van der Waals surface area contributed by atoms with Gasteiger partial charge in [0.05, 0.1) is 6.42 Å². The van der Waals surface area contributed by atoms with Gasteiger partial charge >= 0.3 is 5.97 Å². The van der Waals surface area contributed by atoms with E-state index in [1.54, 1.807) is 0 Å². The Balaban J connectivity index is 1.49. The van der Waals surface area contributed by atoms with Gasteiger partial charge in [-0.2, -0.15) is 0 Å². The quantitative estimate of drug-likeness (QED) is 0.767. The minimum atomic E-state index is -0.922. The van der Waals surface area contributed by atoms with Gasteiger partial charge in [0.1, 0.15) is 5.82 Å². The topological polar surface area (TPSA) is 58.6 Å². The van der Waals surface area contributed by atoms with Crippen molar-refractivity contribution in [3.63, 3.8) is 0 Å². The highest BCUT2D eigenvalue weighted by Gasteiger charge is 2.18. The minimum Gasteiger partial charge on any atom is -0.452 e. The zero-order valence-corrected chi connectivity index (χ0v) is 16.0. The summed E-state index contributed by atoms with van der Waals surface area (Å²) in [7, 11) is 0. The molecule has 0 spiro atoms. The highest BCUT2D eigenvalue weighted by Crippen LogP contribution is 2.22. The maximum absolute atomic E-state index is 12.9. The molecule has 1 aliphatic heterocycles. The third-order valence-electron chi connectivity index (χ3n) is 4.80. The maximum Gasteiger partial charge on any atom is 0.311 e. The van der Waals surface area contributed by atoms with Gasteiger partial charge in [-0.3, -0.25) is 9.59 Å². The first kappa shape index (κ1) is 19.9. The molecule has 1 heterocycles. The zero-order valence-electron chi connectivity index (χ0n) is 16.0. The van der Waals surface area contributed by atoms with Crippen molar-refractivity contribution < 1.29 is 18.7 Å². The number of carbonyl (C=O) groups is 2. The van der Waals surface area contributed by atoms with Crippen molar-refractivity contribution in [3.05, 3.63) is 59.9 Å². The lowest BCUT2D eigenvalue weighted by atomic mass is 10.1. The van der Waals surface area contributed by atoms with Crippen molar-refractivity contribution in [2.45, 2.75) is 38.7 Å². The Morgan fingerprint density at radius 2 is 1.68 bits per heavy atom. The fourth-order valence-corrected chi connectivity index (χ4v) is 3.21. The summed E-state index contributed by atoms with van der Waals surface area (Å²) in [5.41, 5.74) is 2.44. The van der Waals surface area contributed by atoms with Crippen molar-refractivity contribution in [2.24, 2.45) is 0 Å². The summed E-state index contributed by atoms with van der Waals surface area (Å²) < 4.78 is 18.1. The lowest BCUT2D eigenvalue weighted by Crippen LogP contribution is -2.30. The number of hydrogen-bond donors (Lipinski definition) is 1. The average Bonchev–Trinajstić information content (AvgIpc) is 2.71. The Morgan fingerprint density at radius 3 is 2.32 bits per heavy atom. The molecule has 0 aromatic heterocycles. The van der Waals surface area contributed by atoms with Gasteiger partial charge in [0.25, 0.3) is 5.91 Å². The summed E-state index contributed by atoms with van der Waals surface area (Å²) in [6.07, 6.45) is 2.76. The summed E-state index contributed by atoms with van der Waals surface area (Å²) in [5, 5.41) is 2.76. The number of ether oxygens (including phenoxy) is 1. The van der Waals surface area contributed by atoms with Crippen LogP contribution in [0.25, 0.3) is 0 Å². The normalized spacial score (nSPS) is 15.0. The Morgan fingerprint density at radius 1 is 1.04 bits per heavy atom. The van der Waals surface area contributed by atoms with Gasteiger partial charge in [0, 0.05) is 24.5 Å². The van der Waals surface area contributed by atoms with E-state index < -0.39 is 18.0 Å². The summed E-state index contributed by atoms with van der Waals surface area (Å²) >= 11 is 0. The molecular weight excluding hydrogens is 359 g/mol. The SMILES string of the molecule is C[C@H](OC(=O)Cc1ccc(F)cc1)C(=O)Nc1ccc(N2CCCCC2)cc1. The highest BCUT2D eigenvalue weighted by atomic mass is 19.1. The van der Waals surface area contributed by atoms with E-state index in [-0.39, 0.29) is 12.2 Å². The van der Waals surface area contributed by atoms with Crippen LogP contribution < -0.4 is 10.2 Å². The Labute approximate surface area is 164 Å². The van der Waals surface area contributed by atoms with E-state index in [1.165, 1.54) is 50.5 Å². The number of nitrogens with one attached hydrogen (secondary N) is 1. The lowest BCUT2D eigenvalue weighted by molar-refractivity contribution is -0.152. The monoisotopic (exact) mass is 384 g/mol. The number of halogens is 1. The van der Waals surface area contributed by atoms with Crippen LogP contribution in [0.4, 0.5) is 15.8 Å². The van der Waals surface area contributed by atoms with Crippen LogP contribution >= 0.6 is 0 Å². The molecule has 1 aliphatic rings. The van der Waals surface area contributed by atoms with E-state index in [1.807, 2.05) is 24.3 Å². The summed E-state index contributed by atoms with van der Waals surface area (Å²) in [4.78, 5) is 26.6. The van der Waals surface area contributed by atoms with Gasteiger partial charge in [0.2, 0.25) is 0 Å². The van der Waals surface area contributed by atoms with Gasteiger partial charge in [0.15, 0.2) is 6.10 Å². The Bertz CT molecular complexity index is 800. The van der Waals surface area contributed by atoms with Gasteiger partial charge < -0.3 is 15.0 Å². The van der Waals surface area contributed by atoms with Crippen molar-refractivity contribution in [1.29, 1.82) is 0 Å². The number of carbonyl (C=O) groups excluding carboxylic acids is 2. The zero-order chi connectivity index (χ0) is 19.9. The fourth-order valence-electron chi connectivity index (χ4n) is 3.21. The molecule has 28 heavy (non-hydrogen) atoms. The maximum atomic E-state index is 12.9. The number of nitrogens with zero attached hydrogens (tertiary/aromatic N) is 1.